The molecule has 1 rings (SSSR count). The molecule has 0 saturated carbocycles. The monoisotopic (exact) mass is 293 g/mol. The van der Waals surface area contributed by atoms with Crippen LogP contribution in [0.25, 0.3) is 0 Å². The Morgan fingerprint density at radius 3 is 2.58 bits per heavy atom. The lowest BCUT2D eigenvalue weighted by atomic mass is 10.1. The molecule has 4 heteroatoms. The first-order valence-electron chi connectivity index (χ1n) is 3.49. The van der Waals surface area contributed by atoms with E-state index in [1.807, 2.05) is 12.1 Å². The molecule has 66 valence electrons. The Morgan fingerprint density at radius 1 is 1.33 bits per heavy atom. The predicted octanol–water partition coefficient (Wildman–Crippen LogP) is 2.33. The van der Waals surface area contributed by atoms with Gasteiger partial charge in [-0.05, 0) is 40.0 Å². The van der Waals surface area contributed by atoms with Crippen LogP contribution in [0, 0.1) is 0 Å². The third-order valence-corrected chi connectivity index (χ3v) is 2.68. The lowest BCUT2D eigenvalue weighted by Gasteiger charge is -2.06. The summed E-state index contributed by atoms with van der Waals surface area (Å²) < 4.78 is 1.83. The summed E-state index contributed by atoms with van der Waals surface area (Å²) in [5.74, 6) is 0. The number of hydrogen-bond donors (Lipinski definition) is 2. The van der Waals surface area contributed by atoms with Gasteiger partial charge in [0, 0.05) is 21.2 Å². The zero-order valence-corrected chi connectivity index (χ0v) is 9.52. The minimum absolute atomic E-state index is 0.118. The van der Waals surface area contributed by atoms with E-state index in [2.05, 4.69) is 31.9 Å². The molecular formula is C8H9Br2NO. The van der Waals surface area contributed by atoms with Crippen molar-refractivity contribution in [3.63, 3.8) is 0 Å². The highest BCUT2D eigenvalue weighted by Gasteiger charge is 2.03. The Labute approximate surface area is 88.0 Å². The molecule has 0 atom stereocenters. The molecule has 0 aliphatic rings. The largest absolute Gasteiger partial charge is 0.398 e. The summed E-state index contributed by atoms with van der Waals surface area (Å²) >= 11 is 6.68. The van der Waals surface area contributed by atoms with Crippen molar-refractivity contribution in [3.05, 3.63) is 26.6 Å². The fraction of sp³-hybridized carbons (Fsp3) is 0.250. The van der Waals surface area contributed by atoms with Crippen LogP contribution in [0.4, 0.5) is 5.69 Å². The van der Waals surface area contributed by atoms with E-state index in [-0.39, 0.29) is 6.61 Å². The summed E-state index contributed by atoms with van der Waals surface area (Å²) in [5.41, 5.74) is 7.42. The van der Waals surface area contributed by atoms with E-state index in [9.17, 15) is 0 Å². The molecular weight excluding hydrogens is 286 g/mol. The van der Waals surface area contributed by atoms with Gasteiger partial charge in [-0.15, -0.1) is 0 Å². The lowest BCUT2D eigenvalue weighted by Crippen LogP contribution is -1.98. The average Bonchev–Trinajstić information content (AvgIpc) is 2.00. The van der Waals surface area contributed by atoms with Crippen molar-refractivity contribution >= 4 is 37.5 Å². The van der Waals surface area contributed by atoms with Gasteiger partial charge in [0.1, 0.15) is 0 Å². The first-order chi connectivity index (χ1) is 5.65. The molecule has 0 aliphatic heterocycles. The number of aliphatic hydroxyl groups is 1. The third kappa shape index (κ3) is 2.21. The maximum Gasteiger partial charge on any atom is 0.0492 e. The zero-order chi connectivity index (χ0) is 9.14. The summed E-state index contributed by atoms with van der Waals surface area (Å²) in [7, 11) is 0. The fourth-order valence-electron chi connectivity index (χ4n) is 0.965. The maximum absolute atomic E-state index is 8.74. The first kappa shape index (κ1) is 10.0. The molecule has 0 saturated heterocycles. The molecule has 0 aliphatic carbocycles. The van der Waals surface area contributed by atoms with Crippen LogP contribution in [0.1, 0.15) is 5.56 Å². The second-order valence-electron chi connectivity index (χ2n) is 2.43. The van der Waals surface area contributed by atoms with Crippen molar-refractivity contribution in [1.82, 2.24) is 0 Å². The number of nitrogen functional groups attached to an aromatic ring is 1. The molecule has 3 N–H and O–H groups in total. The van der Waals surface area contributed by atoms with Crippen molar-refractivity contribution in [2.75, 3.05) is 12.3 Å². The number of benzene rings is 1. The van der Waals surface area contributed by atoms with Crippen molar-refractivity contribution in [2.24, 2.45) is 0 Å². The minimum atomic E-state index is 0.118. The lowest BCUT2D eigenvalue weighted by molar-refractivity contribution is 0.300. The predicted molar refractivity (Wildman–Crippen MR) is 57.0 cm³/mol. The van der Waals surface area contributed by atoms with Crippen LogP contribution in [0.15, 0.2) is 21.1 Å². The van der Waals surface area contributed by atoms with Gasteiger partial charge >= 0.3 is 0 Å². The molecule has 0 spiro atoms. The Morgan fingerprint density at radius 2 is 2.00 bits per heavy atom. The van der Waals surface area contributed by atoms with E-state index in [4.69, 9.17) is 10.8 Å². The Kier molecular flexibility index (Phi) is 3.55. The van der Waals surface area contributed by atoms with Gasteiger partial charge in [-0.2, -0.15) is 0 Å². The van der Waals surface area contributed by atoms with Crippen LogP contribution in [-0.2, 0) is 6.42 Å². The smallest absolute Gasteiger partial charge is 0.0492 e. The quantitative estimate of drug-likeness (QED) is 0.823. The summed E-state index contributed by atoms with van der Waals surface area (Å²) in [6.07, 6.45) is 0.587. The van der Waals surface area contributed by atoms with Gasteiger partial charge in [0.25, 0.3) is 0 Å². The third-order valence-electron chi connectivity index (χ3n) is 1.56. The molecule has 0 bridgehead atoms. The van der Waals surface area contributed by atoms with Crippen LogP contribution >= 0.6 is 31.9 Å². The molecule has 0 radical (unpaired) electrons. The van der Waals surface area contributed by atoms with Crippen molar-refractivity contribution < 1.29 is 5.11 Å². The highest BCUT2D eigenvalue weighted by Crippen LogP contribution is 2.28. The SMILES string of the molecule is Nc1c(Br)cc(Br)cc1CCO. The molecule has 2 nitrogen and oxygen atoms in total. The summed E-state index contributed by atoms with van der Waals surface area (Å²) in [6.45, 7) is 0.118. The number of halogens is 2. The minimum Gasteiger partial charge on any atom is -0.398 e. The topological polar surface area (TPSA) is 46.2 Å². The second-order valence-corrected chi connectivity index (χ2v) is 4.20. The molecule has 0 fully saturated rings. The zero-order valence-electron chi connectivity index (χ0n) is 6.35. The van der Waals surface area contributed by atoms with E-state index in [1.165, 1.54) is 0 Å². The number of aliphatic hydroxyl groups excluding tert-OH is 1. The fourth-order valence-corrected chi connectivity index (χ4v) is 2.28. The van der Waals surface area contributed by atoms with Gasteiger partial charge in [0.2, 0.25) is 0 Å². The highest BCUT2D eigenvalue weighted by molar-refractivity contribution is 9.11. The number of nitrogens with two attached hydrogens (primary N) is 1. The van der Waals surface area contributed by atoms with Crippen LogP contribution in [0.5, 0.6) is 0 Å². The maximum atomic E-state index is 8.74. The van der Waals surface area contributed by atoms with E-state index in [0.29, 0.717) is 12.1 Å². The van der Waals surface area contributed by atoms with Gasteiger partial charge in [-0.25, -0.2) is 0 Å². The molecule has 1 aromatic carbocycles. The molecule has 0 amide bonds. The van der Waals surface area contributed by atoms with Gasteiger partial charge in [0.05, 0.1) is 0 Å². The van der Waals surface area contributed by atoms with Gasteiger partial charge in [0.15, 0.2) is 0 Å². The molecule has 0 unspecified atom stereocenters. The number of hydrogen-bond acceptors (Lipinski definition) is 2. The van der Waals surface area contributed by atoms with E-state index >= 15 is 0 Å². The standard InChI is InChI=1S/C8H9Br2NO/c9-6-3-5(1-2-12)8(11)7(10)4-6/h3-4,12H,1-2,11H2. The second kappa shape index (κ2) is 4.25. The van der Waals surface area contributed by atoms with Crippen LogP contribution < -0.4 is 5.73 Å². The van der Waals surface area contributed by atoms with Crippen molar-refractivity contribution in [1.29, 1.82) is 0 Å². The summed E-state index contributed by atoms with van der Waals surface area (Å²) in [5, 5.41) is 8.74. The average molecular weight is 295 g/mol. The van der Waals surface area contributed by atoms with Crippen molar-refractivity contribution in [2.45, 2.75) is 6.42 Å². The highest BCUT2D eigenvalue weighted by atomic mass is 79.9. The van der Waals surface area contributed by atoms with E-state index in [1.54, 1.807) is 0 Å². The number of anilines is 1. The Bertz CT molecular complexity index is 289. The first-order valence-corrected chi connectivity index (χ1v) is 5.08. The van der Waals surface area contributed by atoms with Gasteiger partial charge in [-0.3, -0.25) is 0 Å². The van der Waals surface area contributed by atoms with E-state index < -0.39 is 0 Å². The Hall–Kier alpha value is -0.0600. The van der Waals surface area contributed by atoms with Gasteiger partial charge in [-0.1, -0.05) is 15.9 Å². The van der Waals surface area contributed by atoms with Crippen LogP contribution in [-0.4, -0.2) is 11.7 Å². The molecule has 12 heavy (non-hydrogen) atoms. The number of rotatable bonds is 2. The van der Waals surface area contributed by atoms with Crippen LogP contribution in [0.3, 0.4) is 0 Å². The van der Waals surface area contributed by atoms with Gasteiger partial charge < -0.3 is 10.8 Å². The van der Waals surface area contributed by atoms with Crippen molar-refractivity contribution in [3.8, 4) is 0 Å². The molecule has 0 heterocycles. The Balaban J connectivity index is 3.09. The molecule has 0 aromatic heterocycles. The van der Waals surface area contributed by atoms with Crippen LogP contribution in [0.2, 0.25) is 0 Å². The summed E-state index contributed by atoms with van der Waals surface area (Å²) in [4.78, 5) is 0. The molecule has 1 aromatic rings. The van der Waals surface area contributed by atoms with E-state index in [0.717, 1.165) is 14.5 Å². The normalized spacial score (nSPS) is 10.2. The summed E-state index contributed by atoms with van der Waals surface area (Å²) in [6, 6.07) is 3.80.